The first-order valence-electron chi connectivity index (χ1n) is 16.9. The Labute approximate surface area is 278 Å². The molecule has 10 aromatic rings. The van der Waals surface area contributed by atoms with Crippen molar-refractivity contribution in [1.82, 2.24) is 4.40 Å². The van der Waals surface area contributed by atoms with Crippen LogP contribution >= 0.6 is 0 Å². The van der Waals surface area contributed by atoms with Gasteiger partial charge in [-0.25, -0.2) is 0 Å². The van der Waals surface area contributed by atoms with Crippen molar-refractivity contribution >= 4 is 59.6 Å². The van der Waals surface area contributed by atoms with Crippen molar-refractivity contribution in [3.8, 4) is 33.4 Å². The molecule has 1 nitrogen and oxygen atoms in total. The molecule has 0 saturated heterocycles. The molecule has 0 N–H and O–H groups in total. The molecular weight excluding hydrogens is 579 g/mol. The third-order valence-corrected chi connectivity index (χ3v) is 11.3. The molecular formula is C47H31N. The molecule has 8 aromatic carbocycles. The third-order valence-electron chi connectivity index (χ3n) is 11.3. The van der Waals surface area contributed by atoms with E-state index < -0.39 is 0 Å². The lowest BCUT2D eigenvalue weighted by atomic mass is 9.81. The minimum absolute atomic E-state index is 0.00786. The fourth-order valence-electron chi connectivity index (χ4n) is 8.82. The van der Waals surface area contributed by atoms with E-state index in [2.05, 4.69) is 170 Å². The summed E-state index contributed by atoms with van der Waals surface area (Å²) in [4.78, 5) is 0. The van der Waals surface area contributed by atoms with Gasteiger partial charge in [-0.2, -0.15) is 0 Å². The van der Waals surface area contributed by atoms with Crippen molar-refractivity contribution in [2.24, 2.45) is 0 Å². The Morgan fingerprint density at radius 3 is 1.46 bits per heavy atom. The summed E-state index contributed by atoms with van der Waals surface area (Å²) < 4.78 is 2.51. The molecule has 1 aliphatic rings. The molecule has 0 fully saturated rings. The van der Waals surface area contributed by atoms with Gasteiger partial charge >= 0.3 is 0 Å². The Morgan fingerprint density at radius 1 is 0.375 bits per heavy atom. The molecule has 224 valence electrons. The van der Waals surface area contributed by atoms with Crippen molar-refractivity contribution < 1.29 is 0 Å². The number of nitrogens with zero attached hydrogens (tertiary/aromatic N) is 1. The van der Waals surface area contributed by atoms with Gasteiger partial charge in [-0.1, -0.05) is 123 Å². The van der Waals surface area contributed by atoms with E-state index in [1.807, 2.05) is 0 Å². The largest absolute Gasteiger partial charge is 0.308 e. The smallest absolute Gasteiger partial charge is 0.0620 e. The first-order chi connectivity index (χ1) is 23.5. The number of fused-ring (bicyclic) bond motifs is 11. The van der Waals surface area contributed by atoms with Gasteiger partial charge in [0.05, 0.1) is 16.6 Å². The minimum Gasteiger partial charge on any atom is -0.308 e. The molecule has 1 heteroatoms. The number of hydrogen-bond acceptors (Lipinski definition) is 0. The van der Waals surface area contributed by atoms with E-state index in [9.17, 15) is 0 Å². The summed E-state index contributed by atoms with van der Waals surface area (Å²) >= 11 is 0. The van der Waals surface area contributed by atoms with Crippen molar-refractivity contribution in [3.63, 3.8) is 0 Å². The van der Waals surface area contributed by atoms with Crippen LogP contribution < -0.4 is 0 Å². The topological polar surface area (TPSA) is 4.41 Å². The van der Waals surface area contributed by atoms with E-state index in [1.54, 1.807) is 0 Å². The predicted molar refractivity (Wildman–Crippen MR) is 205 cm³/mol. The van der Waals surface area contributed by atoms with Crippen LogP contribution in [0.3, 0.4) is 0 Å². The zero-order valence-corrected chi connectivity index (χ0v) is 26.9. The molecule has 0 amide bonds. The highest BCUT2D eigenvalue weighted by Gasteiger charge is 2.35. The SMILES string of the molecule is CC1(C)c2ccccc2-c2ccc(-c3ccc(-c4cc5c6cc7ccccc7cc6n6c7cc8ccccc8cc7c(c4)c56)cc3)cc21. The Bertz CT molecular complexity index is 2830. The highest BCUT2D eigenvalue weighted by Crippen LogP contribution is 2.50. The molecule has 0 radical (unpaired) electrons. The molecule has 0 saturated carbocycles. The van der Waals surface area contributed by atoms with Gasteiger partial charge < -0.3 is 4.40 Å². The van der Waals surface area contributed by atoms with Gasteiger partial charge in [0, 0.05) is 27.0 Å². The normalized spacial score (nSPS) is 13.8. The third kappa shape index (κ3) is 3.40. The molecule has 11 rings (SSSR count). The lowest BCUT2D eigenvalue weighted by molar-refractivity contribution is 0.660. The Hall–Kier alpha value is -5.92. The van der Waals surface area contributed by atoms with Crippen molar-refractivity contribution in [1.29, 1.82) is 0 Å². The average molecular weight is 610 g/mol. The summed E-state index contributed by atoms with van der Waals surface area (Å²) in [5.74, 6) is 0. The second-order valence-electron chi connectivity index (χ2n) is 14.2. The van der Waals surface area contributed by atoms with Crippen LogP contribution in [0.5, 0.6) is 0 Å². The summed E-state index contributed by atoms with van der Waals surface area (Å²) in [7, 11) is 0. The average Bonchev–Trinajstić information content (AvgIpc) is 3.71. The molecule has 0 bridgehead atoms. The van der Waals surface area contributed by atoms with Crippen molar-refractivity contribution in [2.75, 3.05) is 0 Å². The van der Waals surface area contributed by atoms with Gasteiger partial charge in [-0.15, -0.1) is 0 Å². The molecule has 0 atom stereocenters. The van der Waals surface area contributed by atoms with Gasteiger partial charge in [0.2, 0.25) is 0 Å². The first-order valence-corrected chi connectivity index (χ1v) is 16.9. The van der Waals surface area contributed by atoms with Crippen LogP contribution in [0.4, 0.5) is 0 Å². The highest BCUT2D eigenvalue weighted by atomic mass is 14.9. The van der Waals surface area contributed by atoms with Crippen LogP contribution in [0.15, 0.2) is 152 Å². The summed E-state index contributed by atoms with van der Waals surface area (Å²) in [6, 6.07) is 56.9. The van der Waals surface area contributed by atoms with E-state index >= 15 is 0 Å². The molecule has 0 aliphatic heterocycles. The summed E-state index contributed by atoms with van der Waals surface area (Å²) in [5, 5.41) is 10.3. The summed E-state index contributed by atoms with van der Waals surface area (Å²) in [5.41, 5.74) is 14.4. The molecule has 0 spiro atoms. The number of rotatable bonds is 2. The molecule has 48 heavy (non-hydrogen) atoms. The minimum atomic E-state index is -0.00786. The van der Waals surface area contributed by atoms with Crippen LogP contribution in [0.1, 0.15) is 25.0 Å². The van der Waals surface area contributed by atoms with Crippen LogP contribution in [0.25, 0.3) is 93.0 Å². The Balaban J connectivity index is 1.11. The Morgan fingerprint density at radius 2 is 0.854 bits per heavy atom. The summed E-state index contributed by atoms with van der Waals surface area (Å²) in [6.45, 7) is 4.71. The monoisotopic (exact) mass is 609 g/mol. The van der Waals surface area contributed by atoms with Gasteiger partial charge in [-0.3, -0.25) is 0 Å². The fraction of sp³-hybridized carbons (Fsp3) is 0.0638. The molecule has 1 aliphatic carbocycles. The second kappa shape index (κ2) is 9.12. The molecule has 0 unspecified atom stereocenters. The van der Waals surface area contributed by atoms with E-state index in [0.717, 1.165) is 0 Å². The van der Waals surface area contributed by atoms with E-state index in [0.29, 0.717) is 0 Å². The maximum absolute atomic E-state index is 2.51. The second-order valence-corrected chi connectivity index (χ2v) is 14.2. The van der Waals surface area contributed by atoms with E-state index in [1.165, 1.54) is 104 Å². The van der Waals surface area contributed by atoms with Crippen molar-refractivity contribution in [2.45, 2.75) is 19.3 Å². The number of benzene rings is 8. The van der Waals surface area contributed by atoms with Crippen LogP contribution in [-0.2, 0) is 5.41 Å². The highest BCUT2D eigenvalue weighted by molar-refractivity contribution is 6.27. The predicted octanol–water partition coefficient (Wildman–Crippen LogP) is 12.8. The lowest BCUT2D eigenvalue weighted by Gasteiger charge is -2.22. The maximum Gasteiger partial charge on any atom is 0.0620 e. The maximum atomic E-state index is 2.51. The van der Waals surface area contributed by atoms with Gasteiger partial charge in [0.25, 0.3) is 0 Å². The van der Waals surface area contributed by atoms with E-state index in [4.69, 9.17) is 0 Å². The van der Waals surface area contributed by atoms with Crippen LogP contribution in [0.2, 0.25) is 0 Å². The van der Waals surface area contributed by atoms with Gasteiger partial charge in [0.15, 0.2) is 0 Å². The Kier molecular flexibility index (Phi) is 4.97. The van der Waals surface area contributed by atoms with Crippen molar-refractivity contribution in [3.05, 3.63) is 163 Å². The van der Waals surface area contributed by atoms with Gasteiger partial charge in [-0.05, 0) is 109 Å². The zero-order chi connectivity index (χ0) is 31.7. The number of hydrogen-bond donors (Lipinski definition) is 0. The molecule has 2 aromatic heterocycles. The molecule has 2 heterocycles. The quantitative estimate of drug-likeness (QED) is 0.184. The zero-order valence-electron chi connectivity index (χ0n) is 26.9. The lowest BCUT2D eigenvalue weighted by Crippen LogP contribution is -2.14. The van der Waals surface area contributed by atoms with Crippen LogP contribution in [0, 0.1) is 0 Å². The number of aromatic nitrogens is 1. The summed E-state index contributed by atoms with van der Waals surface area (Å²) in [6.07, 6.45) is 0. The van der Waals surface area contributed by atoms with Crippen LogP contribution in [-0.4, -0.2) is 4.40 Å². The first kappa shape index (κ1) is 26.2. The van der Waals surface area contributed by atoms with E-state index in [-0.39, 0.29) is 5.41 Å². The fourth-order valence-corrected chi connectivity index (χ4v) is 8.82. The van der Waals surface area contributed by atoms with Gasteiger partial charge in [0.1, 0.15) is 0 Å². The standard InChI is InChI=1S/C47H31N/c1-47(2)42-14-8-7-13-36(42)37-20-19-34(25-43(37)47)28-15-17-29(18-16-28)35-23-40-38-21-30-9-3-5-11-32(30)26-44(38)48-45-27-33-12-6-4-10-31(33)22-39(45)41(24-35)46(40)48/h3-27H,1-2H3.